The van der Waals surface area contributed by atoms with Crippen molar-refractivity contribution in [2.24, 2.45) is 0 Å². The summed E-state index contributed by atoms with van der Waals surface area (Å²) in [6.07, 6.45) is -1.81. The molecule has 0 aliphatic heterocycles. The Morgan fingerprint density at radius 1 is 1.38 bits per heavy atom. The van der Waals surface area contributed by atoms with Crippen LogP contribution in [0.2, 0.25) is 0 Å². The van der Waals surface area contributed by atoms with Gasteiger partial charge in [-0.1, -0.05) is 0 Å². The van der Waals surface area contributed by atoms with Crippen molar-refractivity contribution in [1.29, 1.82) is 0 Å². The Balaban J connectivity index is 2.53. The summed E-state index contributed by atoms with van der Waals surface area (Å²) in [6, 6.07) is 3.51. The summed E-state index contributed by atoms with van der Waals surface area (Å²) in [6.45, 7) is 0. The lowest BCUT2D eigenvalue weighted by atomic mass is 10.4. The molecule has 0 aromatic carbocycles. The van der Waals surface area contributed by atoms with Crippen molar-refractivity contribution in [3.63, 3.8) is 0 Å². The Morgan fingerprint density at radius 3 is 2.62 bits per heavy atom. The summed E-state index contributed by atoms with van der Waals surface area (Å²) in [5.41, 5.74) is -1.61. The molecule has 2 aromatic heterocycles. The van der Waals surface area contributed by atoms with Crippen LogP contribution in [0.25, 0.3) is 5.69 Å². The molecular weight excluding hydrogens is 223 g/mol. The molecule has 0 aliphatic carbocycles. The predicted octanol–water partition coefficient (Wildman–Crippen LogP) is 1.58. The predicted molar refractivity (Wildman–Crippen MR) is 49.2 cm³/mol. The Bertz CT molecular complexity index is 541. The fourth-order valence-corrected chi connectivity index (χ4v) is 1.22. The summed E-state index contributed by atoms with van der Waals surface area (Å²) in [7, 11) is 0. The third-order valence-electron chi connectivity index (χ3n) is 1.93. The Hall–Kier alpha value is -2.05. The Morgan fingerprint density at radius 2 is 2.12 bits per heavy atom. The van der Waals surface area contributed by atoms with Gasteiger partial charge >= 0.3 is 6.18 Å². The van der Waals surface area contributed by atoms with Gasteiger partial charge in [-0.15, -0.1) is 0 Å². The van der Waals surface area contributed by atoms with Crippen LogP contribution in [0.4, 0.5) is 13.2 Å². The molecule has 0 fully saturated rings. The molecule has 0 saturated heterocycles. The van der Waals surface area contributed by atoms with Crippen molar-refractivity contribution in [3.05, 3.63) is 46.6 Å². The van der Waals surface area contributed by atoms with Crippen molar-refractivity contribution >= 4 is 0 Å². The van der Waals surface area contributed by atoms with E-state index < -0.39 is 17.4 Å². The molecule has 0 atom stereocenters. The van der Waals surface area contributed by atoms with Crippen molar-refractivity contribution in [2.45, 2.75) is 6.18 Å². The topological polar surface area (TPSA) is 50.7 Å². The number of aromatic nitrogens is 3. The van der Waals surface area contributed by atoms with Gasteiger partial charge in [-0.2, -0.15) is 13.2 Å². The van der Waals surface area contributed by atoms with Crippen LogP contribution in [0, 0.1) is 0 Å². The number of hydrogen-bond donors (Lipinski definition) is 1. The first-order valence-electron chi connectivity index (χ1n) is 4.28. The third kappa shape index (κ3) is 1.83. The van der Waals surface area contributed by atoms with Gasteiger partial charge in [-0.05, 0) is 12.1 Å². The molecule has 0 radical (unpaired) electrons. The molecule has 2 heterocycles. The van der Waals surface area contributed by atoms with Crippen LogP contribution in [-0.2, 0) is 6.18 Å². The first-order chi connectivity index (χ1) is 7.48. The molecule has 0 unspecified atom stereocenters. The number of H-pyrrole nitrogens is 1. The molecule has 0 aliphatic rings. The van der Waals surface area contributed by atoms with E-state index in [1.807, 2.05) is 5.10 Å². The largest absolute Gasteiger partial charge is 0.432 e. The Kier molecular flexibility index (Phi) is 2.30. The van der Waals surface area contributed by atoms with E-state index in [0.717, 1.165) is 4.68 Å². The molecule has 84 valence electrons. The van der Waals surface area contributed by atoms with E-state index in [4.69, 9.17) is 0 Å². The number of hydrogen-bond acceptors (Lipinski definition) is 2. The standard InChI is InChI=1S/C9H6F3N3O/c10-9(11,12)7-4-8(16)15(14-7)6-2-1-3-13-5-6/h1-5,14H. The van der Waals surface area contributed by atoms with Gasteiger partial charge in [0.1, 0.15) is 5.69 Å². The van der Waals surface area contributed by atoms with Gasteiger partial charge in [0.2, 0.25) is 0 Å². The summed E-state index contributed by atoms with van der Waals surface area (Å²) >= 11 is 0. The molecule has 0 amide bonds. The highest BCUT2D eigenvalue weighted by molar-refractivity contribution is 5.27. The second-order valence-electron chi connectivity index (χ2n) is 3.05. The minimum atomic E-state index is -4.56. The number of nitrogens with one attached hydrogen (secondary N) is 1. The lowest BCUT2D eigenvalue weighted by Crippen LogP contribution is -2.13. The minimum Gasteiger partial charge on any atom is -0.286 e. The molecule has 0 saturated carbocycles. The number of alkyl halides is 3. The molecular formula is C9H6F3N3O. The monoisotopic (exact) mass is 229 g/mol. The molecule has 0 bridgehead atoms. The maximum atomic E-state index is 12.3. The van der Waals surface area contributed by atoms with Crippen molar-refractivity contribution in [2.75, 3.05) is 0 Å². The van der Waals surface area contributed by atoms with Crippen LogP contribution in [0.5, 0.6) is 0 Å². The molecule has 2 aromatic rings. The van der Waals surface area contributed by atoms with E-state index in [1.54, 1.807) is 0 Å². The zero-order valence-electron chi connectivity index (χ0n) is 7.82. The van der Waals surface area contributed by atoms with Gasteiger partial charge in [-0.3, -0.25) is 14.9 Å². The van der Waals surface area contributed by atoms with Crippen LogP contribution >= 0.6 is 0 Å². The van der Waals surface area contributed by atoms with Gasteiger partial charge in [0, 0.05) is 12.3 Å². The maximum absolute atomic E-state index is 12.3. The third-order valence-corrected chi connectivity index (χ3v) is 1.93. The number of aromatic amines is 1. The number of pyridine rings is 1. The fraction of sp³-hybridized carbons (Fsp3) is 0.111. The summed E-state index contributed by atoms with van der Waals surface area (Å²) < 4.78 is 37.7. The maximum Gasteiger partial charge on any atom is 0.432 e. The number of halogens is 3. The van der Waals surface area contributed by atoms with Crippen molar-refractivity contribution < 1.29 is 13.2 Å². The molecule has 4 nitrogen and oxygen atoms in total. The fourth-order valence-electron chi connectivity index (χ4n) is 1.22. The highest BCUT2D eigenvalue weighted by Gasteiger charge is 2.33. The Labute approximate surface area is 87.3 Å². The zero-order valence-corrected chi connectivity index (χ0v) is 7.82. The summed E-state index contributed by atoms with van der Waals surface area (Å²) in [5.74, 6) is 0. The van der Waals surface area contributed by atoms with Crippen molar-refractivity contribution in [1.82, 2.24) is 14.8 Å². The van der Waals surface area contributed by atoms with Crippen LogP contribution < -0.4 is 5.56 Å². The van der Waals surface area contributed by atoms with Gasteiger partial charge in [-0.25, -0.2) is 4.68 Å². The zero-order chi connectivity index (χ0) is 11.8. The second-order valence-corrected chi connectivity index (χ2v) is 3.05. The van der Waals surface area contributed by atoms with Crippen molar-refractivity contribution in [3.8, 4) is 5.69 Å². The molecule has 0 spiro atoms. The molecule has 16 heavy (non-hydrogen) atoms. The molecule has 2 rings (SSSR count). The number of rotatable bonds is 1. The lowest BCUT2D eigenvalue weighted by Gasteiger charge is -2.03. The van der Waals surface area contributed by atoms with Gasteiger partial charge < -0.3 is 0 Å². The first-order valence-corrected chi connectivity index (χ1v) is 4.28. The second kappa shape index (κ2) is 3.51. The van der Waals surface area contributed by atoms with E-state index >= 15 is 0 Å². The van der Waals surface area contributed by atoms with E-state index in [1.165, 1.54) is 24.5 Å². The highest BCUT2D eigenvalue weighted by Crippen LogP contribution is 2.26. The average Bonchev–Trinajstić information content (AvgIpc) is 2.61. The molecule has 1 N–H and O–H groups in total. The van der Waals surface area contributed by atoms with E-state index in [0.29, 0.717) is 6.07 Å². The summed E-state index contributed by atoms with van der Waals surface area (Å²) in [4.78, 5) is 15.0. The number of nitrogens with zero attached hydrogens (tertiary/aromatic N) is 2. The highest BCUT2D eigenvalue weighted by atomic mass is 19.4. The minimum absolute atomic E-state index is 0.253. The smallest absolute Gasteiger partial charge is 0.286 e. The van der Waals surface area contributed by atoms with Crippen LogP contribution in [0.1, 0.15) is 5.69 Å². The summed E-state index contributed by atoms with van der Waals surface area (Å²) in [5, 5.41) is 1.98. The van der Waals surface area contributed by atoms with Crippen LogP contribution in [-0.4, -0.2) is 14.8 Å². The van der Waals surface area contributed by atoms with E-state index in [-0.39, 0.29) is 5.69 Å². The van der Waals surface area contributed by atoms with Crippen LogP contribution in [0.3, 0.4) is 0 Å². The van der Waals surface area contributed by atoms with Gasteiger partial charge in [0.05, 0.1) is 11.9 Å². The van der Waals surface area contributed by atoms with E-state index in [9.17, 15) is 18.0 Å². The van der Waals surface area contributed by atoms with Gasteiger partial charge in [0.15, 0.2) is 0 Å². The molecule has 7 heteroatoms. The quantitative estimate of drug-likeness (QED) is 0.807. The van der Waals surface area contributed by atoms with Gasteiger partial charge in [0.25, 0.3) is 5.56 Å². The van der Waals surface area contributed by atoms with E-state index in [2.05, 4.69) is 4.98 Å². The lowest BCUT2D eigenvalue weighted by molar-refractivity contribution is -0.141. The SMILES string of the molecule is O=c1cc(C(F)(F)F)[nH]n1-c1cccnc1. The first kappa shape index (κ1) is 10.5. The normalized spacial score (nSPS) is 11.7. The average molecular weight is 229 g/mol. The van der Waals surface area contributed by atoms with Crippen LogP contribution in [0.15, 0.2) is 35.4 Å².